The number of benzene rings is 2. The molecule has 0 saturated carbocycles. The number of hydrogen-bond donors (Lipinski definition) is 1. The van der Waals surface area contributed by atoms with E-state index in [1.165, 1.54) is 11.9 Å². The fourth-order valence-electron chi connectivity index (χ4n) is 2.59. The Balaban J connectivity index is 2.22. The Kier molecular flexibility index (Phi) is 7.51. The molecule has 0 unspecified atom stereocenters. The standard InChI is InChI=1S/C20H22Cl2N2O3/c1-13-7-4-5-10-18(13)27-12-19(25)24(14(2)20(26)23-3)11-15-16(21)8-6-9-17(15)22/h4-10,14H,11-12H2,1-3H3,(H,23,26)/t14-/m1/s1. The average molecular weight is 409 g/mol. The third kappa shape index (κ3) is 5.37. The van der Waals surface area contributed by atoms with Gasteiger partial charge < -0.3 is 15.0 Å². The van der Waals surface area contributed by atoms with E-state index >= 15 is 0 Å². The van der Waals surface area contributed by atoms with E-state index in [0.717, 1.165) is 5.56 Å². The molecule has 0 aliphatic heterocycles. The Morgan fingerprint density at radius 1 is 1.11 bits per heavy atom. The van der Waals surface area contributed by atoms with Crippen LogP contribution in [0.4, 0.5) is 0 Å². The van der Waals surface area contributed by atoms with Crippen molar-refractivity contribution in [2.45, 2.75) is 26.4 Å². The van der Waals surface area contributed by atoms with Gasteiger partial charge in [-0.3, -0.25) is 9.59 Å². The van der Waals surface area contributed by atoms with Crippen molar-refractivity contribution in [3.8, 4) is 5.75 Å². The van der Waals surface area contributed by atoms with Gasteiger partial charge in [0, 0.05) is 29.2 Å². The molecule has 2 aromatic rings. The first-order valence-electron chi connectivity index (χ1n) is 8.47. The molecule has 1 atom stereocenters. The number of aryl methyl sites for hydroxylation is 1. The van der Waals surface area contributed by atoms with Crippen molar-refractivity contribution in [1.82, 2.24) is 10.2 Å². The zero-order chi connectivity index (χ0) is 20.0. The largest absolute Gasteiger partial charge is 0.484 e. The maximum Gasteiger partial charge on any atom is 0.261 e. The fourth-order valence-corrected chi connectivity index (χ4v) is 3.10. The third-order valence-corrected chi connectivity index (χ3v) is 4.96. The SMILES string of the molecule is CNC(=O)[C@@H](C)N(Cc1c(Cl)cccc1Cl)C(=O)COc1ccccc1C. The van der Waals surface area contributed by atoms with Crippen molar-refractivity contribution in [2.24, 2.45) is 0 Å². The van der Waals surface area contributed by atoms with Gasteiger partial charge in [0.15, 0.2) is 6.61 Å². The lowest BCUT2D eigenvalue weighted by molar-refractivity contribution is -0.142. The van der Waals surface area contributed by atoms with Gasteiger partial charge >= 0.3 is 0 Å². The Morgan fingerprint density at radius 3 is 2.33 bits per heavy atom. The summed E-state index contributed by atoms with van der Waals surface area (Å²) in [6.07, 6.45) is 0. The summed E-state index contributed by atoms with van der Waals surface area (Å²) in [5, 5.41) is 3.43. The van der Waals surface area contributed by atoms with Crippen molar-refractivity contribution in [3.05, 3.63) is 63.6 Å². The molecule has 0 radical (unpaired) electrons. The molecular formula is C20H22Cl2N2O3. The number of nitrogens with zero attached hydrogens (tertiary/aromatic N) is 1. The van der Waals surface area contributed by atoms with E-state index in [2.05, 4.69) is 5.32 Å². The highest BCUT2D eigenvalue weighted by Gasteiger charge is 2.27. The number of hydrogen-bond acceptors (Lipinski definition) is 3. The molecule has 0 aromatic heterocycles. The molecule has 0 bridgehead atoms. The second-order valence-corrected chi connectivity index (χ2v) is 6.88. The Labute approximate surface area is 169 Å². The maximum atomic E-state index is 12.9. The summed E-state index contributed by atoms with van der Waals surface area (Å²) in [5.74, 6) is -0.0121. The van der Waals surface area contributed by atoms with Crippen LogP contribution in [-0.2, 0) is 16.1 Å². The smallest absolute Gasteiger partial charge is 0.261 e. The predicted octanol–water partition coefficient (Wildman–Crippen LogP) is 3.84. The van der Waals surface area contributed by atoms with E-state index in [9.17, 15) is 9.59 Å². The number of amides is 2. The molecule has 2 aromatic carbocycles. The highest BCUT2D eigenvalue weighted by atomic mass is 35.5. The molecule has 0 aliphatic rings. The monoisotopic (exact) mass is 408 g/mol. The summed E-state index contributed by atoms with van der Waals surface area (Å²) in [4.78, 5) is 26.4. The predicted molar refractivity (Wildman–Crippen MR) is 107 cm³/mol. The van der Waals surface area contributed by atoms with Crippen LogP contribution < -0.4 is 10.1 Å². The van der Waals surface area contributed by atoms with E-state index in [0.29, 0.717) is 21.4 Å². The molecular weight excluding hydrogens is 387 g/mol. The van der Waals surface area contributed by atoms with Crippen LogP contribution in [0.5, 0.6) is 5.75 Å². The van der Waals surface area contributed by atoms with Crippen LogP contribution >= 0.6 is 23.2 Å². The van der Waals surface area contributed by atoms with Crippen LogP contribution in [0.1, 0.15) is 18.1 Å². The summed E-state index contributed by atoms with van der Waals surface area (Å²) >= 11 is 12.5. The topological polar surface area (TPSA) is 58.6 Å². The number of carbonyl (C=O) groups excluding carboxylic acids is 2. The molecule has 2 amide bonds. The molecule has 5 nitrogen and oxygen atoms in total. The van der Waals surface area contributed by atoms with Gasteiger partial charge in [-0.25, -0.2) is 0 Å². The Bertz CT molecular complexity index is 806. The van der Waals surface area contributed by atoms with Crippen molar-refractivity contribution in [1.29, 1.82) is 0 Å². The van der Waals surface area contributed by atoms with Gasteiger partial charge in [-0.1, -0.05) is 47.5 Å². The highest BCUT2D eigenvalue weighted by molar-refractivity contribution is 6.36. The van der Waals surface area contributed by atoms with Crippen LogP contribution in [0.3, 0.4) is 0 Å². The number of para-hydroxylation sites is 1. The van der Waals surface area contributed by atoms with Crippen LogP contribution in [0.25, 0.3) is 0 Å². The quantitative estimate of drug-likeness (QED) is 0.756. The molecule has 7 heteroatoms. The second kappa shape index (κ2) is 9.62. The lowest BCUT2D eigenvalue weighted by Crippen LogP contribution is -2.48. The van der Waals surface area contributed by atoms with Crippen LogP contribution in [0.2, 0.25) is 10.0 Å². The summed E-state index contributed by atoms with van der Waals surface area (Å²) in [5.41, 5.74) is 1.51. The van der Waals surface area contributed by atoms with Crippen molar-refractivity contribution in [3.63, 3.8) is 0 Å². The normalized spacial score (nSPS) is 11.6. The third-order valence-electron chi connectivity index (χ3n) is 4.25. The van der Waals surface area contributed by atoms with Gasteiger partial charge in [-0.2, -0.15) is 0 Å². The zero-order valence-electron chi connectivity index (χ0n) is 15.5. The van der Waals surface area contributed by atoms with Gasteiger partial charge in [0.05, 0.1) is 0 Å². The van der Waals surface area contributed by atoms with Crippen molar-refractivity contribution < 1.29 is 14.3 Å². The molecule has 2 rings (SSSR count). The minimum atomic E-state index is -0.713. The molecule has 1 N–H and O–H groups in total. The van der Waals surface area contributed by atoms with Crippen LogP contribution in [0.15, 0.2) is 42.5 Å². The summed E-state index contributed by atoms with van der Waals surface area (Å²) < 4.78 is 5.65. The number of halogens is 2. The molecule has 0 heterocycles. The van der Waals surface area contributed by atoms with E-state index < -0.39 is 6.04 Å². The Morgan fingerprint density at radius 2 is 1.74 bits per heavy atom. The van der Waals surface area contributed by atoms with Crippen LogP contribution in [0, 0.1) is 6.92 Å². The minimum absolute atomic E-state index is 0.100. The number of rotatable bonds is 7. The van der Waals surface area contributed by atoms with Crippen molar-refractivity contribution >= 4 is 35.0 Å². The van der Waals surface area contributed by atoms with E-state index in [4.69, 9.17) is 27.9 Å². The molecule has 0 aliphatic carbocycles. The molecule has 0 fully saturated rings. The lowest BCUT2D eigenvalue weighted by Gasteiger charge is -2.29. The van der Waals surface area contributed by atoms with E-state index in [1.807, 2.05) is 25.1 Å². The van der Waals surface area contributed by atoms with Gasteiger partial charge in [0.1, 0.15) is 11.8 Å². The first-order valence-corrected chi connectivity index (χ1v) is 9.23. The maximum absolute atomic E-state index is 12.9. The number of nitrogens with one attached hydrogen (secondary N) is 1. The van der Waals surface area contributed by atoms with Crippen LogP contribution in [-0.4, -0.2) is 36.4 Å². The van der Waals surface area contributed by atoms with Gasteiger partial charge in [-0.15, -0.1) is 0 Å². The molecule has 144 valence electrons. The van der Waals surface area contributed by atoms with Gasteiger partial charge in [0.2, 0.25) is 5.91 Å². The molecule has 0 spiro atoms. The number of likely N-dealkylation sites (N-methyl/N-ethyl adjacent to an activating group) is 1. The summed E-state index contributed by atoms with van der Waals surface area (Å²) in [6.45, 7) is 3.45. The number of ether oxygens (including phenoxy) is 1. The van der Waals surface area contributed by atoms with E-state index in [1.54, 1.807) is 31.2 Å². The van der Waals surface area contributed by atoms with Crippen molar-refractivity contribution in [2.75, 3.05) is 13.7 Å². The molecule has 27 heavy (non-hydrogen) atoms. The summed E-state index contributed by atoms with van der Waals surface area (Å²) in [7, 11) is 1.52. The number of carbonyl (C=O) groups is 2. The molecule has 0 saturated heterocycles. The lowest BCUT2D eigenvalue weighted by atomic mass is 10.1. The Hall–Kier alpha value is -2.24. The minimum Gasteiger partial charge on any atom is -0.484 e. The highest BCUT2D eigenvalue weighted by Crippen LogP contribution is 2.26. The van der Waals surface area contributed by atoms with Gasteiger partial charge in [0.25, 0.3) is 5.91 Å². The van der Waals surface area contributed by atoms with E-state index in [-0.39, 0.29) is 25.0 Å². The first kappa shape index (κ1) is 21.1. The van der Waals surface area contributed by atoms with Gasteiger partial charge in [-0.05, 0) is 37.6 Å². The summed E-state index contributed by atoms with van der Waals surface area (Å²) in [6, 6.07) is 11.8. The second-order valence-electron chi connectivity index (χ2n) is 6.07. The average Bonchev–Trinajstić information content (AvgIpc) is 2.65. The fraction of sp³-hybridized carbons (Fsp3) is 0.300. The zero-order valence-corrected chi connectivity index (χ0v) is 17.0. The first-order chi connectivity index (χ1) is 12.8.